The van der Waals surface area contributed by atoms with E-state index in [1.807, 2.05) is 18.2 Å². The minimum absolute atomic E-state index is 0.0721. The highest BCUT2D eigenvalue weighted by molar-refractivity contribution is 7.92. The third-order valence-corrected chi connectivity index (χ3v) is 9.49. The van der Waals surface area contributed by atoms with Crippen LogP contribution in [0.25, 0.3) is 32.9 Å². The Balaban J connectivity index is 1.01. The van der Waals surface area contributed by atoms with Crippen molar-refractivity contribution < 1.29 is 31.1 Å². The number of rotatable bonds is 11. The molecular weight excluding hydrogens is 638 g/mol. The van der Waals surface area contributed by atoms with Crippen molar-refractivity contribution >= 4 is 38.1 Å². The number of sulfonamides is 1. The Hall–Kier alpha value is -4.56. The molecule has 0 aliphatic rings. The van der Waals surface area contributed by atoms with Crippen molar-refractivity contribution in [2.75, 3.05) is 17.8 Å². The second-order valence-corrected chi connectivity index (χ2v) is 13.0. The minimum atomic E-state index is -4.41. The highest BCUT2D eigenvalue weighted by atomic mass is 32.2. The van der Waals surface area contributed by atoms with Crippen LogP contribution in [0.2, 0.25) is 0 Å². The predicted octanol–water partition coefficient (Wildman–Crippen LogP) is 7.30. The number of aliphatic hydroxyl groups excluding tert-OH is 1. The summed E-state index contributed by atoms with van der Waals surface area (Å²) in [7, 11) is -3.86. The van der Waals surface area contributed by atoms with Crippen LogP contribution in [0.15, 0.2) is 112 Å². The van der Waals surface area contributed by atoms with E-state index in [0.29, 0.717) is 58.5 Å². The Labute approximate surface area is 266 Å². The zero-order valence-electron chi connectivity index (χ0n) is 24.0. The minimum Gasteiger partial charge on any atom is -0.440 e. The number of benzene rings is 3. The van der Waals surface area contributed by atoms with Gasteiger partial charge in [-0.1, -0.05) is 36.4 Å². The standard InChI is InChI=1S/C33H27F3N4O4S2/c34-33(35,36)25-9-5-22(6-10-25)28-20-45-32(39-28)23-7-13-27(14-8-23)46(42,43)40-26-11-3-21(4-12-26)15-17-37-19-29(41)30-18-24-2-1-16-38-31(24)44-30/h1-14,16,18,20,29,37,40-41H,15,17,19H2/t29-/m0/s1. The zero-order valence-corrected chi connectivity index (χ0v) is 25.7. The average Bonchev–Trinajstić information content (AvgIpc) is 3.72. The summed E-state index contributed by atoms with van der Waals surface area (Å²) in [5.41, 5.74) is 2.92. The largest absolute Gasteiger partial charge is 0.440 e. The lowest BCUT2D eigenvalue weighted by Gasteiger charge is -2.11. The van der Waals surface area contributed by atoms with E-state index >= 15 is 0 Å². The van der Waals surface area contributed by atoms with Gasteiger partial charge in [0.2, 0.25) is 5.71 Å². The smallest absolute Gasteiger partial charge is 0.416 e. The number of nitrogens with zero attached hydrogens (tertiary/aromatic N) is 2. The van der Waals surface area contributed by atoms with Crippen LogP contribution in [0.1, 0.15) is 23.0 Å². The summed E-state index contributed by atoms with van der Waals surface area (Å²) in [4.78, 5) is 8.72. The van der Waals surface area contributed by atoms with Crippen LogP contribution >= 0.6 is 11.3 Å². The maximum absolute atomic E-state index is 13.0. The molecule has 1 atom stereocenters. The van der Waals surface area contributed by atoms with Crippen molar-refractivity contribution in [3.8, 4) is 21.8 Å². The molecular formula is C33H27F3N4O4S2. The lowest BCUT2D eigenvalue weighted by atomic mass is 10.1. The molecule has 6 aromatic rings. The van der Waals surface area contributed by atoms with Gasteiger partial charge in [0.1, 0.15) is 16.9 Å². The maximum Gasteiger partial charge on any atom is 0.416 e. The van der Waals surface area contributed by atoms with Gasteiger partial charge in [0, 0.05) is 40.3 Å². The van der Waals surface area contributed by atoms with Crippen molar-refractivity contribution in [1.82, 2.24) is 15.3 Å². The number of hydrogen-bond donors (Lipinski definition) is 3. The first kappa shape index (κ1) is 31.4. The molecule has 0 saturated heterocycles. The molecule has 6 rings (SSSR count). The number of nitrogens with one attached hydrogen (secondary N) is 2. The van der Waals surface area contributed by atoms with Gasteiger partial charge in [0.15, 0.2) is 0 Å². The number of thiazole rings is 1. The average molecular weight is 665 g/mol. The van der Waals surface area contributed by atoms with Gasteiger partial charge in [-0.15, -0.1) is 11.3 Å². The summed E-state index contributed by atoms with van der Waals surface area (Å²) in [6, 6.07) is 23.5. The van der Waals surface area contributed by atoms with E-state index < -0.39 is 27.9 Å². The molecule has 3 N–H and O–H groups in total. The van der Waals surface area contributed by atoms with Gasteiger partial charge < -0.3 is 14.8 Å². The summed E-state index contributed by atoms with van der Waals surface area (Å²) in [5.74, 6) is 0.446. The highest BCUT2D eigenvalue weighted by Gasteiger charge is 2.30. The van der Waals surface area contributed by atoms with Crippen molar-refractivity contribution in [3.05, 3.63) is 119 Å². The number of furan rings is 1. The molecule has 46 heavy (non-hydrogen) atoms. The summed E-state index contributed by atoms with van der Waals surface area (Å²) in [6.45, 7) is 0.900. The van der Waals surface area contributed by atoms with Crippen molar-refractivity contribution in [1.29, 1.82) is 0 Å². The van der Waals surface area contributed by atoms with Gasteiger partial charge in [0.05, 0.1) is 16.2 Å². The number of hydrogen-bond acceptors (Lipinski definition) is 8. The van der Waals surface area contributed by atoms with Crippen molar-refractivity contribution in [2.45, 2.75) is 23.6 Å². The van der Waals surface area contributed by atoms with E-state index in [2.05, 4.69) is 20.0 Å². The molecule has 3 heterocycles. The quantitative estimate of drug-likeness (QED) is 0.124. The van der Waals surface area contributed by atoms with Crippen LogP contribution in [0.3, 0.4) is 0 Å². The maximum atomic E-state index is 13.0. The predicted molar refractivity (Wildman–Crippen MR) is 171 cm³/mol. The van der Waals surface area contributed by atoms with Crippen molar-refractivity contribution in [3.63, 3.8) is 0 Å². The normalized spacial score (nSPS) is 12.8. The molecule has 0 bridgehead atoms. The monoisotopic (exact) mass is 664 g/mol. The highest BCUT2D eigenvalue weighted by Crippen LogP contribution is 2.33. The van der Waals surface area contributed by atoms with Crippen LogP contribution < -0.4 is 10.0 Å². The Morgan fingerprint density at radius 3 is 2.35 bits per heavy atom. The van der Waals surface area contributed by atoms with Gasteiger partial charge in [-0.05, 0) is 73.1 Å². The molecule has 3 aromatic carbocycles. The van der Waals surface area contributed by atoms with Gasteiger partial charge >= 0.3 is 6.18 Å². The van der Waals surface area contributed by atoms with Crippen LogP contribution in [0.5, 0.6) is 0 Å². The van der Waals surface area contributed by atoms with Gasteiger partial charge in [-0.2, -0.15) is 13.2 Å². The molecule has 0 spiro atoms. The second kappa shape index (κ2) is 13.0. The SMILES string of the molecule is O=S(=O)(Nc1ccc(CCNC[C@H](O)c2cc3cccnc3o2)cc1)c1ccc(-c2nc(-c3ccc(C(F)(F)F)cc3)cs2)cc1. The third kappa shape index (κ3) is 7.29. The molecule has 236 valence electrons. The van der Waals surface area contributed by atoms with E-state index in [1.165, 1.54) is 35.6 Å². The van der Waals surface area contributed by atoms with Gasteiger partial charge in [-0.25, -0.2) is 18.4 Å². The van der Waals surface area contributed by atoms with Crippen molar-refractivity contribution in [2.24, 2.45) is 0 Å². The Bertz CT molecular complexity index is 2010. The Kier molecular flexibility index (Phi) is 8.91. The molecule has 0 fully saturated rings. The third-order valence-electron chi connectivity index (χ3n) is 7.20. The Morgan fingerprint density at radius 2 is 1.65 bits per heavy atom. The topological polar surface area (TPSA) is 117 Å². The molecule has 13 heteroatoms. The van der Waals surface area contributed by atoms with Gasteiger partial charge in [-0.3, -0.25) is 4.72 Å². The summed E-state index contributed by atoms with van der Waals surface area (Å²) < 4.78 is 72.8. The Morgan fingerprint density at radius 1 is 0.935 bits per heavy atom. The number of anilines is 1. The van der Waals surface area contributed by atoms with E-state index in [0.717, 1.165) is 23.1 Å². The lowest BCUT2D eigenvalue weighted by molar-refractivity contribution is -0.137. The first-order valence-electron chi connectivity index (χ1n) is 14.1. The summed E-state index contributed by atoms with van der Waals surface area (Å²) in [6.07, 6.45) is -2.92. The molecule has 0 saturated carbocycles. The summed E-state index contributed by atoms with van der Waals surface area (Å²) in [5, 5.41) is 16.8. The van der Waals surface area contributed by atoms with E-state index in [9.17, 15) is 26.7 Å². The molecule has 0 radical (unpaired) electrons. The molecule has 8 nitrogen and oxygen atoms in total. The number of pyridine rings is 1. The zero-order chi connectivity index (χ0) is 32.3. The number of halogens is 3. The number of aliphatic hydroxyl groups is 1. The van der Waals surface area contributed by atoms with E-state index in [-0.39, 0.29) is 4.90 Å². The second-order valence-electron chi connectivity index (χ2n) is 10.5. The van der Waals surface area contributed by atoms with E-state index in [1.54, 1.807) is 48.0 Å². The lowest BCUT2D eigenvalue weighted by Crippen LogP contribution is -2.23. The van der Waals surface area contributed by atoms with Crippen LogP contribution in [0, 0.1) is 0 Å². The summed E-state index contributed by atoms with van der Waals surface area (Å²) >= 11 is 1.31. The first-order chi connectivity index (χ1) is 22.0. The van der Waals surface area contributed by atoms with E-state index in [4.69, 9.17) is 4.42 Å². The molecule has 0 aliphatic carbocycles. The van der Waals surface area contributed by atoms with Crippen LogP contribution in [-0.4, -0.2) is 36.6 Å². The molecule has 0 aliphatic heterocycles. The first-order valence-corrected chi connectivity index (χ1v) is 16.5. The molecule has 0 amide bonds. The number of fused-ring (bicyclic) bond motifs is 1. The van der Waals surface area contributed by atoms with Crippen LogP contribution in [0.4, 0.5) is 18.9 Å². The number of aromatic nitrogens is 2. The fraction of sp³-hybridized carbons (Fsp3) is 0.152. The van der Waals surface area contributed by atoms with Crippen LogP contribution in [-0.2, 0) is 22.6 Å². The number of alkyl halides is 3. The fourth-order valence-corrected chi connectivity index (χ4v) is 6.62. The molecule has 3 aromatic heterocycles. The molecule has 0 unspecified atom stereocenters. The fourth-order valence-electron chi connectivity index (χ4n) is 4.73. The van der Waals surface area contributed by atoms with Gasteiger partial charge in [0.25, 0.3) is 10.0 Å².